The molecule has 2 aliphatic rings. The molecule has 3 N–H and O–H groups in total. The number of benzene rings is 2. The van der Waals surface area contributed by atoms with E-state index >= 15 is 0 Å². The van der Waals surface area contributed by atoms with Gasteiger partial charge in [0.05, 0.1) is 17.6 Å². The van der Waals surface area contributed by atoms with Crippen LogP contribution in [-0.2, 0) is 4.79 Å². The van der Waals surface area contributed by atoms with Crippen LogP contribution in [-0.4, -0.2) is 16.7 Å². The van der Waals surface area contributed by atoms with Crippen LogP contribution in [0.3, 0.4) is 0 Å². The van der Waals surface area contributed by atoms with Crippen LogP contribution >= 0.6 is 23.2 Å². The first-order valence-electron chi connectivity index (χ1n) is 10.1. The number of hydrogen-bond acceptors (Lipinski definition) is 5. The Morgan fingerprint density at radius 1 is 1.19 bits per heavy atom. The van der Waals surface area contributed by atoms with E-state index in [-0.39, 0.29) is 17.2 Å². The summed E-state index contributed by atoms with van der Waals surface area (Å²) in [4.78, 5) is 26.0. The van der Waals surface area contributed by atoms with Crippen molar-refractivity contribution in [2.45, 2.75) is 32.1 Å². The first-order chi connectivity index (χ1) is 15.3. The lowest BCUT2D eigenvalue weighted by Gasteiger charge is -2.39. The molecule has 8 heteroatoms. The molecule has 6 nitrogen and oxygen atoms in total. The van der Waals surface area contributed by atoms with E-state index in [2.05, 4.69) is 11.5 Å². The average molecular weight is 467 g/mol. The first-order valence-corrected chi connectivity index (χ1v) is 10.9. The van der Waals surface area contributed by atoms with Gasteiger partial charge < -0.3 is 5.73 Å². The molecule has 1 amide bonds. The van der Waals surface area contributed by atoms with Gasteiger partial charge in [-0.2, -0.15) is 5.26 Å². The Kier molecular flexibility index (Phi) is 5.96. The van der Waals surface area contributed by atoms with Gasteiger partial charge in [0.25, 0.3) is 5.91 Å². The molecule has 0 fully saturated rings. The quantitative estimate of drug-likeness (QED) is 0.679. The fourth-order valence-corrected chi connectivity index (χ4v) is 4.65. The summed E-state index contributed by atoms with van der Waals surface area (Å²) in [6, 6.07) is 14.1. The van der Waals surface area contributed by atoms with Gasteiger partial charge in [-0.05, 0) is 49.6 Å². The zero-order valence-corrected chi connectivity index (χ0v) is 18.8. The highest BCUT2D eigenvalue weighted by atomic mass is 35.5. The Morgan fingerprint density at radius 3 is 2.56 bits per heavy atom. The third-order valence-electron chi connectivity index (χ3n) is 5.71. The van der Waals surface area contributed by atoms with E-state index in [1.54, 1.807) is 30.3 Å². The molecule has 1 unspecified atom stereocenters. The minimum absolute atomic E-state index is 0.0671. The molecule has 1 heterocycles. The molecular weight excluding hydrogens is 447 g/mol. The monoisotopic (exact) mass is 466 g/mol. The number of Topliss-reactive ketones (excluding diaryl/α,β-unsaturated/α-hetero) is 1. The van der Waals surface area contributed by atoms with Gasteiger partial charge in [0, 0.05) is 33.3 Å². The molecule has 0 saturated heterocycles. The van der Waals surface area contributed by atoms with E-state index in [0.717, 1.165) is 5.56 Å². The first kappa shape index (κ1) is 21.9. The summed E-state index contributed by atoms with van der Waals surface area (Å²) in [6.07, 6.45) is 1.49. The van der Waals surface area contributed by atoms with Gasteiger partial charge in [-0.3, -0.25) is 15.0 Å². The number of rotatable bonds is 3. The maximum Gasteiger partial charge on any atom is 0.270 e. The molecule has 4 rings (SSSR count). The van der Waals surface area contributed by atoms with Crippen LogP contribution in [0.2, 0.25) is 10.0 Å². The summed E-state index contributed by atoms with van der Waals surface area (Å²) < 4.78 is 0. The lowest BCUT2D eigenvalue weighted by molar-refractivity contribution is -0.116. The number of ketones is 1. The van der Waals surface area contributed by atoms with Gasteiger partial charge in [-0.1, -0.05) is 47.0 Å². The maximum atomic E-state index is 13.1. The molecular formula is C24H20Cl2N4O2. The van der Waals surface area contributed by atoms with Crippen molar-refractivity contribution in [2.24, 2.45) is 5.73 Å². The van der Waals surface area contributed by atoms with Gasteiger partial charge in [0.2, 0.25) is 0 Å². The smallest absolute Gasteiger partial charge is 0.270 e. The summed E-state index contributed by atoms with van der Waals surface area (Å²) in [5, 5.41) is 12.2. The normalized spacial score (nSPS) is 18.4. The topological polar surface area (TPSA) is 99.2 Å². The number of halogens is 2. The van der Waals surface area contributed by atoms with E-state index in [4.69, 9.17) is 28.9 Å². The van der Waals surface area contributed by atoms with Gasteiger partial charge in [0.1, 0.15) is 5.82 Å². The highest BCUT2D eigenvalue weighted by molar-refractivity contribution is 6.35. The summed E-state index contributed by atoms with van der Waals surface area (Å²) in [7, 11) is 0. The van der Waals surface area contributed by atoms with Gasteiger partial charge in [-0.25, -0.2) is 5.01 Å². The zero-order chi connectivity index (χ0) is 23.0. The number of carbonyl (C=O) groups is 2. The van der Waals surface area contributed by atoms with Crippen LogP contribution in [0.4, 0.5) is 0 Å². The molecule has 0 aromatic heterocycles. The number of hydrogen-bond donors (Lipinski definition) is 2. The van der Waals surface area contributed by atoms with Crippen molar-refractivity contribution in [2.75, 3.05) is 0 Å². The van der Waals surface area contributed by atoms with Crippen LogP contribution in [0.25, 0.3) is 0 Å². The van der Waals surface area contributed by atoms with Gasteiger partial charge >= 0.3 is 0 Å². The van der Waals surface area contributed by atoms with Gasteiger partial charge in [0.15, 0.2) is 5.78 Å². The molecule has 0 bridgehead atoms. The average Bonchev–Trinajstić information content (AvgIpc) is 2.76. The summed E-state index contributed by atoms with van der Waals surface area (Å²) in [6.45, 7) is 1.93. The number of hydrazine groups is 1. The zero-order valence-electron chi connectivity index (χ0n) is 17.3. The third-order valence-corrected chi connectivity index (χ3v) is 6.28. The summed E-state index contributed by atoms with van der Waals surface area (Å²) in [5.74, 6) is -1.15. The lowest BCUT2D eigenvalue weighted by atomic mass is 9.76. The van der Waals surface area contributed by atoms with Crippen LogP contribution in [0.1, 0.15) is 46.7 Å². The molecule has 0 spiro atoms. The second kappa shape index (κ2) is 8.70. The van der Waals surface area contributed by atoms with Crippen molar-refractivity contribution in [1.29, 1.82) is 5.26 Å². The van der Waals surface area contributed by atoms with Crippen LogP contribution < -0.4 is 11.2 Å². The second-order valence-electron chi connectivity index (χ2n) is 7.79. The number of aryl methyl sites for hydroxylation is 1. The Hall–Kier alpha value is -3.27. The van der Waals surface area contributed by atoms with Crippen molar-refractivity contribution in [3.63, 3.8) is 0 Å². The minimum atomic E-state index is -0.722. The van der Waals surface area contributed by atoms with Crippen molar-refractivity contribution in [1.82, 2.24) is 10.4 Å². The number of nitrogens with zero attached hydrogens (tertiary/aromatic N) is 2. The van der Waals surface area contributed by atoms with Crippen LogP contribution in [0, 0.1) is 18.3 Å². The number of allylic oxidation sites excluding steroid dienone is 3. The van der Waals surface area contributed by atoms with E-state index in [1.165, 1.54) is 5.01 Å². The largest absolute Gasteiger partial charge is 0.383 e. The predicted molar refractivity (Wildman–Crippen MR) is 122 cm³/mol. The highest BCUT2D eigenvalue weighted by Crippen LogP contribution is 2.46. The van der Waals surface area contributed by atoms with Crippen molar-refractivity contribution in [3.8, 4) is 6.07 Å². The van der Waals surface area contributed by atoms with E-state index < -0.39 is 11.8 Å². The fourth-order valence-electron chi connectivity index (χ4n) is 4.13. The number of nitrogens with two attached hydrogens (primary N) is 1. The fraction of sp³-hybridized carbons (Fsp3) is 0.208. The lowest BCUT2D eigenvalue weighted by Crippen LogP contribution is -2.48. The summed E-state index contributed by atoms with van der Waals surface area (Å²) >= 11 is 12.5. The SMILES string of the molecule is Cc1ccc(C(=O)NN2C(N)=C(C#N)C(c3ccc(Cl)cc3Cl)C3=C2CCCC3=O)cc1. The van der Waals surface area contributed by atoms with Gasteiger partial charge in [-0.15, -0.1) is 0 Å². The number of carbonyl (C=O) groups excluding carboxylic acids is 2. The molecule has 1 aliphatic carbocycles. The molecule has 162 valence electrons. The van der Waals surface area contributed by atoms with Crippen LogP contribution in [0.5, 0.6) is 0 Å². The molecule has 1 atom stereocenters. The second-order valence-corrected chi connectivity index (χ2v) is 8.63. The summed E-state index contributed by atoms with van der Waals surface area (Å²) in [5.41, 5.74) is 12.4. The molecule has 2 aromatic carbocycles. The Balaban J connectivity index is 1.82. The Morgan fingerprint density at radius 2 is 1.91 bits per heavy atom. The van der Waals surface area contributed by atoms with Crippen LogP contribution in [0.15, 0.2) is 65.1 Å². The third kappa shape index (κ3) is 3.86. The number of nitriles is 1. The molecule has 1 aliphatic heterocycles. The minimum Gasteiger partial charge on any atom is -0.383 e. The van der Waals surface area contributed by atoms with Crippen molar-refractivity contribution < 1.29 is 9.59 Å². The molecule has 2 aromatic rings. The Labute approximate surface area is 195 Å². The number of amides is 1. The van der Waals surface area contributed by atoms with E-state index in [9.17, 15) is 14.9 Å². The Bertz CT molecular complexity index is 1230. The highest BCUT2D eigenvalue weighted by Gasteiger charge is 2.41. The van der Waals surface area contributed by atoms with Crippen molar-refractivity contribution in [3.05, 3.63) is 91.9 Å². The predicted octanol–water partition coefficient (Wildman–Crippen LogP) is 4.75. The van der Waals surface area contributed by atoms with E-state index in [0.29, 0.717) is 51.7 Å². The standard InChI is InChI=1S/C24H20Cl2N4O2/c1-13-5-7-14(8-6-13)24(32)29-30-19-3-2-4-20(31)22(19)21(17(12-27)23(30)28)16-10-9-15(25)11-18(16)26/h5-11,21H,2-4,28H2,1H3,(H,29,32). The molecule has 0 radical (unpaired) electrons. The van der Waals surface area contributed by atoms with E-state index in [1.807, 2.05) is 19.1 Å². The van der Waals surface area contributed by atoms with Crippen molar-refractivity contribution >= 4 is 34.9 Å². The number of nitrogens with one attached hydrogen (secondary N) is 1. The maximum absolute atomic E-state index is 13.1. The molecule has 0 saturated carbocycles. The molecule has 32 heavy (non-hydrogen) atoms.